The third-order valence-corrected chi connectivity index (χ3v) is 2.12. The van der Waals surface area contributed by atoms with Gasteiger partial charge in [0.25, 0.3) is 0 Å². The first-order chi connectivity index (χ1) is 5.35. The average molecular weight is 156 g/mol. The van der Waals surface area contributed by atoms with Crippen molar-refractivity contribution in [3.8, 4) is 0 Å². The van der Waals surface area contributed by atoms with E-state index in [-0.39, 0.29) is 0 Å². The van der Waals surface area contributed by atoms with Gasteiger partial charge in [-0.1, -0.05) is 39.2 Å². The summed E-state index contributed by atoms with van der Waals surface area (Å²) in [7, 11) is 0. The van der Waals surface area contributed by atoms with E-state index in [2.05, 4.69) is 13.8 Å². The molecule has 0 bridgehead atoms. The van der Waals surface area contributed by atoms with Crippen LogP contribution in [0.3, 0.4) is 0 Å². The molecule has 0 aliphatic carbocycles. The van der Waals surface area contributed by atoms with Crippen LogP contribution in [0.4, 0.5) is 0 Å². The van der Waals surface area contributed by atoms with Crippen LogP contribution in [0, 0.1) is 5.92 Å². The van der Waals surface area contributed by atoms with E-state index < -0.39 is 0 Å². The number of allylic oxidation sites excluding steroid dienone is 1. The summed E-state index contributed by atoms with van der Waals surface area (Å²) < 4.78 is 0. The highest BCUT2D eigenvalue weighted by Gasteiger charge is 2.02. The lowest BCUT2D eigenvalue weighted by Gasteiger charge is -2.11. The minimum atomic E-state index is 0.858. The lowest BCUT2D eigenvalue weighted by molar-refractivity contribution is 0.429. The summed E-state index contributed by atoms with van der Waals surface area (Å²) in [6.45, 7) is 4.47. The second-order valence-electron chi connectivity index (χ2n) is 3.03. The third kappa shape index (κ3) is 5.96. The van der Waals surface area contributed by atoms with Crippen LogP contribution in [0.25, 0.3) is 0 Å². The molecule has 0 aliphatic heterocycles. The first-order valence-corrected chi connectivity index (χ1v) is 4.64. The fourth-order valence-electron chi connectivity index (χ4n) is 1.37. The molecular formula is C10H20O. The van der Waals surface area contributed by atoms with Gasteiger partial charge in [0, 0.05) is 0 Å². The predicted octanol–water partition coefficient (Wildman–Crippen LogP) is 3.66. The zero-order chi connectivity index (χ0) is 8.53. The second-order valence-corrected chi connectivity index (χ2v) is 3.03. The Morgan fingerprint density at radius 2 is 2.00 bits per heavy atom. The van der Waals surface area contributed by atoms with Gasteiger partial charge < -0.3 is 5.11 Å². The maximum atomic E-state index is 8.40. The Labute approximate surface area is 70.1 Å². The lowest BCUT2D eigenvalue weighted by Crippen LogP contribution is -1.96. The SMILES string of the molecule is CCCC(CC)CCC=CO. The molecule has 0 aromatic heterocycles. The molecule has 0 saturated heterocycles. The van der Waals surface area contributed by atoms with Crippen LogP contribution in [0.15, 0.2) is 12.3 Å². The van der Waals surface area contributed by atoms with Gasteiger partial charge in [0.15, 0.2) is 0 Å². The maximum Gasteiger partial charge on any atom is 0.0751 e. The highest BCUT2D eigenvalue weighted by molar-refractivity contribution is 4.73. The van der Waals surface area contributed by atoms with Gasteiger partial charge in [-0.05, 0) is 18.8 Å². The molecule has 0 heterocycles. The highest BCUT2D eigenvalue weighted by atomic mass is 16.2. The Morgan fingerprint density at radius 1 is 1.27 bits per heavy atom. The van der Waals surface area contributed by atoms with Crippen molar-refractivity contribution in [1.29, 1.82) is 0 Å². The molecule has 0 spiro atoms. The normalized spacial score (nSPS) is 14.0. The van der Waals surface area contributed by atoms with E-state index in [1.807, 2.05) is 6.08 Å². The van der Waals surface area contributed by atoms with E-state index in [4.69, 9.17) is 5.11 Å². The molecule has 1 atom stereocenters. The van der Waals surface area contributed by atoms with E-state index in [0.29, 0.717) is 0 Å². The van der Waals surface area contributed by atoms with Crippen LogP contribution in [0.1, 0.15) is 46.0 Å². The molecule has 0 aromatic rings. The van der Waals surface area contributed by atoms with Crippen molar-refractivity contribution in [1.82, 2.24) is 0 Å². The summed E-state index contributed by atoms with van der Waals surface area (Å²) in [5.74, 6) is 0.858. The van der Waals surface area contributed by atoms with Gasteiger partial charge in [-0.3, -0.25) is 0 Å². The molecule has 1 unspecified atom stereocenters. The van der Waals surface area contributed by atoms with Crippen molar-refractivity contribution in [2.75, 3.05) is 0 Å². The van der Waals surface area contributed by atoms with Crippen molar-refractivity contribution >= 4 is 0 Å². The fraction of sp³-hybridized carbons (Fsp3) is 0.800. The summed E-state index contributed by atoms with van der Waals surface area (Å²) >= 11 is 0. The van der Waals surface area contributed by atoms with Gasteiger partial charge >= 0.3 is 0 Å². The molecule has 66 valence electrons. The van der Waals surface area contributed by atoms with Crippen LogP contribution in [-0.2, 0) is 0 Å². The molecule has 0 aromatic carbocycles. The van der Waals surface area contributed by atoms with E-state index in [9.17, 15) is 0 Å². The predicted molar refractivity (Wildman–Crippen MR) is 49.7 cm³/mol. The average Bonchev–Trinajstić information content (AvgIpc) is 2.03. The third-order valence-electron chi connectivity index (χ3n) is 2.12. The summed E-state index contributed by atoms with van der Waals surface area (Å²) in [6, 6.07) is 0. The molecule has 0 aliphatic rings. The highest BCUT2D eigenvalue weighted by Crippen LogP contribution is 2.16. The number of hydrogen-bond donors (Lipinski definition) is 1. The van der Waals surface area contributed by atoms with Crippen LogP contribution >= 0.6 is 0 Å². The van der Waals surface area contributed by atoms with Crippen LogP contribution in [0.2, 0.25) is 0 Å². The topological polar surface area (TPSA) is 20.2 Å². The Balaban J connectivity index is 3.35. The minimum Gasteiger partial charge on any atom is -0.516 e. The van der Waals surface area contributed by atoms with E-state index in [1.54, 1.807) is 0 Å². The first-order valence-electron chi connectivity index (χ1n) is 4.64. The molecule has 1 N–H and O–H groups in total. The smallest absolute Gasteiger partial charge is 0.0751 e. The minimum absolute atomic E-state index is 0.858. The molecule has 0 fully saturated rings. The van der Waals surface area contributed by atoms with Gasteiger partial charge in [0.1, 0.15) is 0 Å². The standard InChI is InChI=1S/C10H20O/c1-3-7-10(4-2)8-5-6-9-11/h6,9-11H,3-5,7-8H2,1-2H3. The van der Waals surface area contributed by atoms with Crippen molar-refractivity contribution in [2.24, 2.45) is 5.92 Å². The Bertz CT molecular complexity index is 97.0. The van der Waals surface area contributed by atoms with E-state index in [1.165, 1.54) is 25.7 Å². The number of rotatable bonds is 6. The van der Waals surface area contributed by atoms with Crippen molar-refractivity contribution in [3.63, 3.8) is 0 Å². The maximum absolute atomic E-state index is 8.40. The summed E-state index contributed by atoms with van der Waals surface area (Å²) in [6.07, 6.45) is 9.11. The van der Waals surface area contributed by atoms with Crippen molar-refractivity contribution < 1.29 is 5.11 Å². The van der Waals surface area contributed by atoms with Gasteiger partial charge in [0.05, 0.1) is 6.26 Å². The van der Waals surface area contributed by atoms with Gasteiger partial charge in [-0.25, -0.2) is 0 Å². The molecule has 0 radical (unpaired) electrons. The van der Waals surface area contributed by atoms with Gasteiger partial charge in [-0.15, -0.1) is 0 Å². The van der Waals surface area contributed by atoms with Crippen LogP contribution in [0.5, 0.6) is 0 Å². The monoisotopic (exact) mass is 156 g/mol. The molecule has 1 heteroatoms. The number of aliphatic hydroxyl groups is 1. The lowest BCUT2D eigenvalue weighted by atomic mass is 9.95. The van der Waals surface area contributed by atoms with E-state index >= 15 is 0 Å². The zero-order valence-corrected chi connectivity index (χ0v) is 7.71. The number of hydrogen-bond acceptors (Lipinski definition) is 1. The molecule has 1 nitrogen and oxygen atoms in total. The van der Waals surface area contributed by atoms with Crippen LogP contribution < -0.4 is 0 Å². The molecular weight excluding hydrogens is 136 g/mol. The Hall–Kier alpha value is -0.460. The first kappa shape index (κ1) is 10.5. The quantitative estimate of drug-likeness (QED) is 0.582. The zero-order valence-electron chi connectivity index (χ0n) is 7.71. The van der Waals surface area contributed by atoms with Gasteiger partial charge in [-0.2, -0.15) is 0 Å². The second kappa shape index (κ2) is 7.64. The molecule has 0 saturated carbocycles. The number of aliphatic hydroxyl groups excluding tert-OH is 1. The molecule has 0 rings (SSSR count). The fourth-order valence-corrected chi connectivity index (χ4v) is 1.37. The summed E-state index contributed by atoms with van der Waals surface area (Å²) in [4.78, 5) is 0. The summed E-state index contributed by atoms with van der Waals surface area (Å²) in [5, 5.41) is 8.40. The Kier molecular flexibility index (Phi) is 7.33. The summed E-state index contributed by atoms with van der Waals surface area (Å²) in [5.41, 5.74) is 0. The largest absolute Gasteiger partial charge is 0.516 e. The van der Waals surface area contributed by atoms with E-state index in [0.717, 1.165) is 18.6 Å². The molecule has 0 amide bonds. The molecule has 11 heavy (non-hydrogen) atoms. The van der Waals surface area contributed by atoms with Crippen LogP contribution in [-0.4, -0.2) is 5.11 Å². The van der Waals surface area contributed by atoms with Gasteiger partial charge in [0.2, 0.25) is 0 Å². The van der Waals surface area contributed by atoms with Crippen molar-refractivity contribution in [3.05, 3.63) is 12.3 Å². The van der Waals surface area contributed by atoms with Crippen molar-refractivity contribution in [2.45, 2.75) is 46.0 Å². The Morgan fingerprint density at radius 3 is 2.45 bits per heavy atom.